The molecule has 1 saturated heterocycles. The number of likely N-dealkylation sites (tertiary alicyclic amines) is 1. The van der Waals surface area contributed by atoms with Gasteiger partial charge in [0, 0.05) is 24.5 Å². The standard InChI is InChI=1S/C16H19Cl2NO4/c17-12-5-6-14(13(18)9-12)23-8-2-4-15(20)19-7-1-3-11(10-19)16(21)22/h5-6,9,11H,1-4,7-8,10H2,(H,21,22). The van der Waals surface area contributed by atoms with Crippen LogP contribution in [0.25, 0.3) is 0 Å². The van der Waals surface area contributed by atoms with Crippen molar-refractivity contribution in [3.63, 3.8) is 0 Å². The molecular formula is C16H19Cl2NO4. The van der Waals surface area contributed by atoms with Crippen molar-refractivity contribution in [1.82, 2.24) is 4.90 Å². The minimum Gasteiger partial charge on any atom is -0.492 e. The van der Waals surface area contributed by atoms with E-state index in [0.29, 0.717) is 54.8 Å². The lowest BCUT2D eigenvalue weighted by Gasteiger charge is -2.30. The van der Waals surface area contributed by atoms with Crippen molar-refractivity contribution in [2.75, 3.05) is 19.7 Å². The highest BCUT2D eigenvalue weighted by Gasteiger charge is 2.27. The fourth-order valence-electron chi connectivity index (χ4n) is 2.56. The first-order valence-electron chi connectivity index (χ1n) is 7.56. The Hall–Kier alpha value is -1.46. The summed E-state index contributed by atoms with van der Waals surface area (Å²) in [5.41, 5.74) is 0. The molecule has 2 rings (SSSR count). The van der Waals surface area contributed by atoms with Crippen LogP contribution >= 0.6 is 23.2 Å². The van der Waals surface area contributed by atoms with E-state index in [4.69, 9.17) is 33.0 Å². The quantitative estimate of drug-likeness (QED) is 0.789. The topological polar surface area (TPSA) is 66.8 Å². The Kier molecular flexibility index (Phi) is 6.54. The van der Waals surface area contributed by atoms with Gasteiger partial charge in [-0.15, -0.1) is 0 Å². The van der Waals surface area contributed by atoms with E-state index in [0.717, 1.165) is 6.42 Å². The van der Waals surface area contributed by atoms with Crippen molar-refractivity contribution >= 4 is 35.1 Å². The number of hydrogen-bond donors (Lipinski definition) is 1. The maximum absolute atomic E-state index is 12.1. The fraction of sp³-hybridized carbons (Fsp3) is 0.500. The maximum atomic E-state index is 12.1. The molecule has 0 saturated carbocycles. The lowest BCUT2D eigenvalue weighted by atomic mass is 9.98. The van der Waals surface area contributed by atoms with Crippen LogP contribution in [-0.4, -0.2) is 41.6 Å². The molecule has 5 nitrogen and oxygen atoms in total. The predicted octanol–water partition coefficient (Wildman–Crippen LogP) is 3.48. The van der Waals surface area contributed by atoms with Crippen LogP contribution in [0.4, 0.5) is 0 Å². The number of hydrogen-bond acceptors (Lipinski definition) is 3. The van der Waals surface area contributed by atoms with E-state index >= 15 is 0 Å². The van der Waals surface area contributed by atoms with E-state index < -0.39 is 11.9 Å². The molecule has 1 N–H and O–H groups in total. The van der Waals surface area contributed by atoms with Crippen molar-refractivity contribution in [2.45, 2.75) is 25.7 Å². The lowest BCUT2D eigenvalue weighted by molar-refractivity contribution is -0.145. The minimum atomic E-state index is -0.830. The van der Waals surface area contributed by atoms with Gasteiger partial charge >= 0.3 is 5.97 Å². The van der Waals surface area contributed by atoms with Gasteiger partial charge in [0.05, 0.1) is 17.5 Å². The first-order valence-corrected chi connectivity index (χ1v) is 8.31. The second-order valence-corrected chi connectivity index (χ2v) is 6.39. The maximum Gasteiger partial charge on any atom is 0.308 e. The van der Waals surface area contributed by atoms with Gasteiger partial charge in [0.1, 0.15) is 5.75 Å². The molecule has 1 aliphatic rings. The van der Waals surface area contributed by atoms with Crippen LogP contribution in [0.3, 0.4) is 0 Å². The SMILES string of the molecule is O=C(O)C1CCCN(C(=O)CCCOc2ccc(Cl)cc2Cl)C1. The summed E-state index contributed by atoms with van der Waals surface area (Å²) in [4.78, 5) is 24.8. The van der Waals surface area contributed by atoms with Crippen LogP contribution < -0.4 is 4.74 Å². The molecule has 0 aliphatic carbocycles. The number of halogens is 2. The predicted molar refractivity (Wildman–Crippen MR) is 88.1 cm³/mol. The Bertz CT molecular complexity index is 579. The number of carbonyl (C=O) groups excluding carboxylic acids is 1. The van der Waals surface area contributed by atoms with E-state index in [9.17, 15) is 9.59 Å². The highest BCUT2D eigenvalue weighted by molar-refractivity contribution is 6.35. The van der Waals surface area contributed by atoms with Gasteiger partial charge in [-0.1, -0.05) is 23.2 Å². The number of ether oxygens (including phenoxy) is 1. The highest BCUT2D eigenvalue weighted by Crippen LogP contribution is 2.27. The molecular weight excluding hydrogens is 341 g/mol. The van der Waals surface area contributed by atoms with Gasteiger partial charge in [0.2, 0.25) is 5.91 Å². The van der Waals surface area contributed by atoms with Crippen LogP contribution in [0.5, 0.6) is 5.75 Å². The number of aliphatic carboxylic acids is 1. The van der Waals surface area contributed by atoms with Crippen molar-refractivity contribution in [3.05, 3.63) is 28.2 Å². The van der Waals surface area contributed by atoms with Gasteiger partial charge in [-0.05, 0) is 37.5 Å². The molecule has 1 fully saturated rings. The van der Waals surface area contributed by atoms with Crippen LogP contribution in [0, 0.1) is 5.92 Å². The zero-order valence-electron chi connectivity index (χ0n) is 12.6. The summed E-state index contributed by atoms with van der Waals surface area (Å²) in [6.45, 7) is 1.30. The summed E-state index contributed by atoms with van der Waals surface area (Å²) in [5.74, 6) is -0.769. The van der Waals surface area contributed by atoms with Crippen LogP contribution in [0.1, 0.15) is 25.7 Å². The zero-order valence-corrected chi connectivity index (χ0v) is 14.1. The smallest absolute Gasteiger partial charge is 0.308 e. The third-order valence-electron chi connectivity index (χ3n) is 3.81. The van der Waals surface area contributed by atoms with E-state index in [-0.39, 0.29) is 5.91 Å². The Morgan fingerprint density at radius 3 is 2.83 bits per heavy atom. The normalized spacial score (nSPS) is 17.8. The van der Waals surface area contributed by atoms with Gasteiger partial charge < -0.3 is 14.7 Å². The van der Waals surface area contributed by atoms with Gasteiger partial charge in [0.25, 0.3) is 0 Å². The summed E-state index contributed by atoms with van der Waals surface area (Å²) < 4.78 is 5.53. The van der Waals surface area contributed by atoms with Crippen molar-refractivity contribution < 1.29 is 19.4 Å². The summed E-state index contributed by atoms with van der Waals surface area (Å²) in [5, 5.41) is 10.0. The fourth-order valence-corrected chi connectivity index (χ4v) is 3.02. The molecule has 1 unspecified atom stereocenters. The van der Waals surface area contributed by atoms with Crippen molar-refractivity contribution in [1.29, 1.82) is 0 Å². The number of benzene rings is 1. The molecule has 1 aliphatic heterocycles. The number of carbonyl (C=O) groups is 2. The molecule has 126 valence electrons. The molecule has 1 amide bonds. The van der Waals surface area contributed by atoms with Gasteiger partial charge in [-0.3, -0.25) is 9.59 Å². The first-order chi connectivity index (χ1) is 11.0. The summed E-state index contributed by atoms with van der Waals surface area (Å²) in [7, 11) is 0. The molecule has 1 aromatic rings. The van der Waals surface area contributed by atoms with E-state index in [2.05, 4.69) is 0 Å². The average Bonchev–Trinajstić information content (AvgIpc) is 2.53. The average molecular weight is 360 g/mol. The van der Waals surface area contributed by atoms with Crippen LogP contribution in [0.15, 0.2) is 18.2 Å². The molecule has 0 aromatic heterocycles. The number of carboxylic acid groups (broad SMARTS) is 1. The molecule has 1 heterocycles. The number of carboxylic acids is 1. The third kappa shape index (κ3) is 5.29. The van der Waals surface area contributed by atoms with Gasteiger partial charge in [0.15, 0.2) is 0 Å². The van der Waals surface area contributed by atoms with E-state index in [1.807, 2.05) is 0 Å². The molecule has 1 aromatic carbocycles. The molecule has 0 bridgehead atoms. The Morgan fingerprint density at radius 2 is 2.13 bits per heavy atom. The number of rotatable bonds is 6. The highest BCUT2D eigenvalue weighted by atomic mass is 35.5. The van der Waals surface area contributed by atoms with Gasteiger partial charge in [-0.25, -0.2) is 0 Å². The van der Waals surface area contributed by atoms with Gasteiger partial charge in [-0.2, -0.15) is 0 Å². The minimum absolute atomic E-state index is 0.0262. The Balaban J connectivity index is 1.73. The lowest BCUT2D eigenvalue weighted by Crippen LogP contribution is -2.42. The largest absolute Gasteiger partial charge is 0.492 e. The van der Waals surface area contributed by atoms with Crippen molar-refractivity contribution in [2.24, 2.45) is 5.92 Å². The molecule has 0 spiro atoms. The van der Waals surface area contributed by atoms with Crippen molar-refractivity contribution in [3.8, 4) is 5.75 Å². The van der Waals surface area contributed by atoms with E-state index in [1.165, 1.54) is 0 Å². The zero-order chi connectivity index (χ0) is 16.8. The molecule has 1 atom stereocenters. The Labute approximate surface area is 145 Å². The second kappa shape index (κ2) is 8.41. The molecule has 23 heavy (non-hydrogen) atoms. The number of piperidine rings is 1. The number of amides is 1. The van der Waals surface area contributed by atoms with Crippen LogP contribution in [-0.2, 0) is 9.59 Å². The second-order valence-electron chi connectivity index (χ2n) is 5.54. The molecule has 0 radical (unpaired) electrons. The molecule has 7 heteroatoms. The summed E-state index contributed by atoms with van der Waals surface area (Å²) >= 11 is 11.8. The van der Waals surface area contributed by atoms with Crippen LogP contribution in [0.2, 0.25) is 10.0 Å². The first kappa shape index (κ1) is 17.9. The van der Waals surface area contributed by atoms with E-state index in [1.54, 1.807) is 23.1 Å². The third-order valence-corrected chi connectivity index (χ3v) is 4.34. The summed E-state index contributed by atoms with van der Waals surface area (Å²) in [6, 6.07) is 4.98. The monoisotopic (exact) mass is 359 g/mol. The summed E-state index contributed by atoms with van der Waals surface area (Å²) in [6.07, 6.45) is 2.25. The number of nitrogens with zero attached hydrogens (tertiary/aromatic N) is 1. The Morgan fingerprint density at radius 1 is 1.35 bits per heavy atom.